The first-order valence-corrected chi connectivity index (χ1v) is 3.91. The first kappa shape index (κ1) is 8.95. The van der Waals surface area contributed by atoms with Crippen LogP contribution in [0, 0.1) is 18.3 Å². The van der Waals surface area contributed by atoms with Gasteiger partial charge in [0.15, 0.2) is 0 Å². The Kier molecular flexibility index (Phi) is 2.61. The standard InChI is InChI=1S/C9H9NOS/c1-6-7(5-10)3-8(11-2)4-9(6)12/h3-4,12H,1-2H3. The van der Waals surface area contributed by atoms with E-state index in [-0.39, 0.29) is 0 Å². The zero-order chi connectivity index (χ0) is 9.14. The smallest absolute Gasteiger partial charge is 0.121 e. The molecule has 1 rings (SSSR count). The number of hydrogen-bond donors (Lipinski definition) is 1. The van der Waals surface area contributed by atoms with Crippen molar-refractivity contribution in [3.63, 3.8) is 0 Å². The van der Waals surface area contributed by atoms with Crippen molar-refractivity contribution in [3.05, 3.63) is 23.3 Å². The fraction of sp³-hybridized carbons (Fsp3) is 0.222. The molecule has 0 radical (unpaired) electrons. The highest BCUT2D eigenvalue weighted by Crippen LogP contribution is 2.23. The molecular formula is C9H9NOS. The number of benzene rings is 1. The zero-order valence-electron chi connectivity index (χ0n) is 6.96. The van der Waals surface area contributed by atoms with Gasteiger partial charge >= 0.3 is 0 Å². The molecule has 0 saturated heterocycles. The molecular weight excluding hydrogens is 170 g/mol. The van der Waals surface area contributed by atoms with Crippen molar-refractivity contribution < 1.29 is 4.74 Å². The van der Waals surface area contributed by atoms with Gasteiger partial charge in [-0.2, -0.15) is 5.26 Å². The van der Waals surface area contributed by atoms with Gasteiger partial charge in [-0.1, -0.05) is 0 Å². The molecule has 2 nitrogen and oxygen atoms in total. The van der Waals surface area contributed by atoms with E-state index >= 15 is 0 Å². The van der Waals surface area contributed by atoms with E-state index in [9.17, 15) is 0 Å². The van der Waals surface area contributed by atoms with Crippen LogP contribution in [0.5, 0.6) is 5.75 Å². The SMILES string of the molecule is COc1cc(S)c(C)c(C#N)c1. The van der Waals surface area contributed by atoms with Gasteiger partial charge in [-0.3, -0.25) is 0 Å². The van der Waals surface area contributed by atoms with Crippen molar-refractivity contribution in [2.24, 2.45) is 0 Å². The zero-order valence-corrected chi connectivity index (χ0v) is 7.85. The van der Waals surface area contributed by atoms with Crippen LogP contribution in [-0.4, -0.2) is 7.11 Å². The normalized spacial score (nSPS) is 9.17. The molecule has 0 saturated carbocycles. The molecule has 0 atom stereocenters. The third-order valence-corrected chi connectivity index (χ3v) is 2.17. The molecule has 3 heteroatoms. The predicted octanol–water partition coefficient (Wildman–Crippen LogP) is 2.16. The molecule has 0 bridgehead atoms. The molecule has 0 fully saturated rings. The van der Waals surface area contributed by atoms with Crippen molar-refractivity contribution in [2.75, 3.05) is 7.11 Å². The van der Waals surface area contributed by atoms with Gasteiger partial charge in [-0.15, -0.1) is 12.6 Å². The second-order valence-corrected chi connectivity index (χ2v) is 2.91. The average Bonchev–Trinajstić information content (AvgIpc) is 2.09. The minimum atomic E-state index is 0.611. The summed E-state index contributed by atoms with van der Waals surface area (Å²) in [5, 5.41) is 8.72. The lowest BCUT2D eigenvalue weighted by atomic mass is 10.1. The summed E-state index contributed by atoms with van der Waals surface area (Å²) < 4.78 is 4.99. The van der Waals surface area contributed by atoms with Crippen molar-refractivity contribution in [3.8, 4) is 11.8 Å². The van der Waals surface area contributed by atoms with Gasteiger partial charge in [-0.05, 0) is 24.6 Å². The van der Waals surface area contributed by atoms with Crippen LogP contribution in [-0.2, 0) is 0 Å². The van der Waals surface area contributed by atoms with Crippen LogP contribution in [0.4, 0.5) is 0 Å². The minimum absolute atomic E-state index is 0.611. The predicted molar refractivity (Wildman–Crippen MR) is 49.7 cm³/mol. The highest BCUT2D eigenvalue weighted by Gasteiger charge is 2.03. The van der Waals surface area contributed by atoms with E-state index in [0.717, 1.165) is 10.5 Å². The van der Waals surface area contributed by atoms with Gasteiger partial charge in [0.2, 0.25) is 0 Å². The Balaban J connectivity index is 3.31. The van der Waals surface area contributed by atoms with Crippen molar-refractivity contribution in [1.82, 2.24) is 0 Å². The molecule has 0 aromatic heterocycles. The first-order valence-electron chi connectivity index (χ1n) is 3.46. The lowest BCUT2D eigenvalue weighted by molar-refractivity contribution is 0.413. The monoisotopic (exact) mass is 179 g/mol. The largest absolute Gasteiger partial charge is 0.497 e. The fourth-order valence-corrected chi connectivity index (χ4v) is 1.15. The summed E-state index contributed by atoms with van der Waals surface area (Å²) in [5.41, 5.74) is 1.50. The van der Waals surface area contributed by atoms with Gasteiger partial charge in [0.05, 0.1) is 18.7 Å². The van der Waals surface area contributed by atoms with E-state index in [2.05, 4.69) is 18.7 Å². The summed E-state index contributed by atoms with van der Waals surface area (Å²) >= 11 is 4.21. The van der Waals surface area contributed by atoms with Crippen LogP contribution in [0.15, 0.2) is 17.0 Å². The Labute approximate surface area is 77.2 Å². The maximum Gasteiger partial charge on any atom is 0.121 e. The Bertz CT molecular complexity index is 341. The fourth-order valence-electron chi connectivity index (χ4n) is 0.907. The summed E-state index contributed by atoms with van der Waals surface area (Å²) in [6, 6.07) is 5.58. The summed E-state index contributed by atoms with van der Waals surface area (Å²) in [5.74, 6) is 0.669. The Hall–Kier alpha value is -1.14. The Morgan fingerprint density at radius 2 is 2.17 bits per heavy atom. The van der Waals surface area contributed by atoms with E-state index in [0.29, 0.717) is 11.3 Å². The number of rotatable bonds is 1. The van der Waals surface area contributed by atoms with Crippen molar-refractivity contribution in [1.29, 1.82) is 5.26 Å². The maximum atomic E-state index is 8.72. The molecule has 0 aliphatic rings. The second kappa shape index (κ2) is 3.51. The molecule has 1 aromatic rings. The number of nitrogens with zero attached hydrogens (tertiary/aromatic N) is 1. The van der Waals surface area contributed by atoms with Crippen LogP contribution in [0.25, 0.3) is 0 Å². The lowest BCUT2D eigenvalue weighted by Gasteiger charge is -2.04. The van der Waals surface area contributed by atoms with E-state index in [4.69, 9.17) is 10.00 Å². The molecule has 0 heterocycles. The van der Waals surface area contributed by atoms with Crippen molar-refractivity contribution in [2.45, 2.75) is 11.8 Å². The van der Waals surface area contributed by atoms with Gasteiger partial charge in [0.1, 0.15) is 5.75 Å². The van der Waals surface area contributed by atoms with Gasteiger partial charge in [0.25, 0.3) is 0 Å². The molecule has 0 aliphatic carbocycles. The number of nitriles is 1. The third kappa shape index (κ3) is 1.54. The summed E-state index contributed by atoms with van der Waals surface area (Å²) in [4.78, 5) is 0.783. The molecule has 62 valence electrons. The molecule has 0 amide bonds. The van der Waals surface area contributed by atoms with E-state index in [1.165, 1.54) is 0 Å². The van der Waals surface area contributed by atoms with Gasteiger partial charge in [-0.25, -0.2) is 0 Å². The summed E-state index contributed by atoms with van der Waals surface area (Å²) in [6.45, 7) is 1.86. The molecule has 0 unspecified atom stereocenters. The highest BCUT2D eigenvalue weighted by atomic mass is 32.1. The number of ether oxygens (including phenoxy) is 1. The van der Waals surface area contributed by atoms with Crippen LogP contribution in [0.2, 0.25) is 0 Å². The topological polar surface area (TPSA) is 33.0 Å². The quantitative estimate of drug-likeness (QED) is 0.670. The van der Waals surface area contributed by atoms with Crippen LogP contribution in [0.3, 0.4) is 0 Å². The maximum absolute atomic E-state index is 8.72. The minimum Gasteiger partial charge on any atom is -0.497 e. The van der Waals surface area contributed by atoms with Crippen LogP contribution in [0.1, 0.15) is 11.1 Å². The lowest BCUT2D eigenvalue weighted by Crippen LogP contribution is -1.88. The van der Waals surface area contributed by atoms with Crippen LogP contribution < -0.4 is 4.74 Å². The van der Waals surface area contributed by atoms with E-state index in [1.807, 2.05) is 6.92 Å². The number of thiol groups is 1. The molecule has 1 aromatic carbocycles. The Morgan fingerprint density at radius 1 is 1.50 bits per heavy atom. The average molecular weight is 179 g/mol. The molecule has 0 N–H and O–H groups in total. The highest BCUT2D eigenvalue weighted by molar-refractivity contribution is 7.80. The van der Waals surface area contributed by atoms with Crippen molar-refractivity contribution >= 4 is 12.6 Å². The van der Waals surface area contributed by atoms with Crippen LogP contribution >= 0.6 is 12.6 Å². The molecule has 12 heavy (non-hydrogen) atoms. The second-order valence-electron chi connectivity index (χ2n) is 2.43. The number of methoxy groups -OCH3 is 1. The molecule has 0 spiro atoms. The third-order valence-electron chi connectivity index (χ3n) is 1.71. The summed E-state index contributed by atoms with van der Waals surface area (Å²) in [6.07, 6.45) is 0. The number of hydrogen-bond acceptors (Lipinski definition) is 3. The first-order chi connectivity index (χ1) is 5.69. The molecule has 0 aliphatic heterocycles. The Morgan fingerprint density at radius 3 is 2.67 bits per heavy atom. The van der Waals surface area contributed by atoms with E-state index < -0.39 is 0 Å². The van der Waals surface area contributed by atoms with Gasteiger partial charge < -0.3 is 4.74 Å². The van der Waals surface area contributed by atoms with E-state index in [1.54, 1.807) is 19.2 Å². The van der Waals surface area contributed by atoms with Gasteiger partial charge in [0, 0.05) is 4.90 Å². The summed E-state index contributed by atoms with van der Waals surface area (Å²) in [7, 11) is 1.57.